The van der Waals surface area contributed by atoms with Crippen LogP contribution in [0.5, 0.6) is 0 Å². The molecular weight excluding hydrogens is 304 g/mol. The van der Waals surface area contributed by atoms with E-state index in [1.807, 2.05) is 36.1 Å². The highest BCUT2D eigenvalue weighted by Gasteiger charge is 2.40. The van der Waals surface area contributed by atoms with Gasteiger partial charge in [0.25, 0.3) is 5.91 Å². The number of nitrogens with zero attached hydrogens (tertiary/aromatic N) is 2. The summed E-state index contributed by atoms with van der Waals surface area (Å²) in [4.78, 5) is 19.5. The number of morpholine rings is 1. The summed E-state index contributed by atoms with van der Waals surface area (Å²) in [5.41, 5.74) is 2.37. The van der Waals surface area contributed by atoms with Crippen molar-refractivity contribution in [2.45, 2.75) is 25.4 Å². The van der Waals surface area contributed by atoms with Crippen LogP contribution in [0.25, 0.3) is 10.9 Å². The summed E-state index contributed by atoms with van der Waals surface area (Å²) in [6.45, 7) is 5.31. The quantitative estimate of drug-likeness (QED) is 0.808. The average Bonchev–Trinajstić information content (AvgIpc) is 2.62. The second-order valence-electron chi connectivity index (χ2n) is 6.70. The lowest BCUT2D eigenvalue weighted by atomic mass is 9.91. The first kappa shape index (κ1) is 15.5. The number of aryl methyl sites for hydroxylation is 1. The van der Waals surface area contributed by atoms with Crippen LogP contribution in [-0.4, -0.2) is 54.3 Å². The number of benzene rings is 1. The third kappa shape index (κ3) is 2.68. The molecule has 0 bridgehead atoms. The van der Waals surface area contributed by atoms with E-state index in [0.29, 0.717) is 38.5 Å². The van der Waals surface area contributed by atoms with Gasteiger partial charge < -0.3 is 14.4 Å². The second-order valence-corrected chi connectivity index (χ2v) is 6.70. The first-order chi connectivity index (χ1) is 11.7. The minimum Gasteiger partial charge on any atom is -0.381 e. The molecular formula is C19H22N2O3. The Morgan fingerprint density at radius 2 is 2.04 bits per heavy atom. The summed E-state index contributed by atoms with van der Waals surface area (Å²) in [6.07, 6.45) is 3.45. The molecule has 1 amide bonds. The van der Waals surface area contributed by atoms with Crippen LogP contribution in [-0.2, 0) is 9.47 Å². The summed E-state index contributed by atoms with van der Waals surface area (Å²) in [6, 6.07) is 7.84. The van der Waals surface area contributed by atoms with Crippen LogP contribution >= 0.6 is 0 Å². The van der Waals surface area contributed by atoms with E-state index in [1.165, 1.54) is 0 Å². The monoisotopic (exact) mass is 326 g/mol. The molecule has 24 heavy (non-hydrogen) atoms. The number of hydrogen-bond acceptors (Lipinski definition) is 4. The number of carbonyl (C=O) groups is 1. The van der Waals surface area contributed by atoms with Crippen molar-refractivity contribution in [1.82, 2.24) is 9.88 Å². The molecule has 0 N–H and O–H groups in total. The maximum Gasteiger partial charge on any atom is 0.256 e. The number of ether oxygens (including phenoxy) is 2. The minimum atomic E-state index is -0.236. The smallest absolute Gasteiger partial charge is 0.256 e. The standard InChI is InChI=1S/C19H22N2O3/c1-14-4-5-16(17-15(14)3-2-8-20-17)18(22)21-9-12-24-19(13-21)6-10-23-11-7-19/h2-5,8H,6-7,9-13H2,1H3. The van der Waals surface area contributed by atoms with Gasteiger partial charge in [0.05, 0.1) is 29.8 Å². The van der Waals surface area contributed by atoms with Crippen molar-refractivity contribution >= 4 is 16.8 Å². The number of amides is 1. The Balaban J connectivity index is 1.65. The van der Waals surface area contributed by atoms with E-state index in [4.69, 9.17) is 9.47 Å². The Hall–Kier alpha value is -1.98. The zero-order valence-electron chi connectivity index (χ0n) is 14.0. The molecule has 2 aromatic rings. The van der Waals surface area contributed by atoms with Gasteiger partial charge in [0, 0.05) is 44.2 Å². The molecule has 0 saturated carbocycles. The van der Waals surface area contributed by atoms with Gasteiger partial charge in [0.1, 0.15) is 0 Å². The number of aromatic nitrogens is 1. The molecule has 0 unspecified atom stereocenters. The molecule has 1 aromatic carbocycles. The topological polar surface area (TPSA) is 51.7 Å². The highest BCUT2D eigenvalue weighted by Crippen LogP contribution is 2.30. The molecule has 1 spiro atoms. The van der Waals surface area contributed by atoms with Gasteiger partial charge in [0.15, 0.2) is 0 Å². The normalized spacial score (nSPS) is 20.5. The van der Waals surface area contributed by atoms with Gasteiger partial charge in [0.2, 0.25) is 0 Å². The van der Waals surface area contributed by atoms with Crippen molar-refractivity contribution in [1.29, 1.82) is 0 Å². The molecule has 3 heterocycles. The summed E-state index contributed by atoms with van der Waals surface area (Å²) in [5.74, 6) is 0.0490. The van der Waals surface area contributed by atoms with Crippen LogP contribution in [0.1, 0.15) is 28.8 Å². The number of pyridine rings is 1. The number of fused-ring (bicyclic) bond motifs is 1. The van der Waals surface area contributed by atoms with E-state index in [0.717, 1.165) is 29.3 Å². The fourth-order valence-electron chi connectivity index (χ4n) is 3.72. The van der Waals surface area contributed by atoms with Gasteiger partial charge in [-0.05, 0) is 24.6 Å². The fourth-order valence-corrected chi connectivity index (χ4v) is 3.72. The molecule has 5 nitrogen and oxygen atoms in total. The van der Waals surface area contributed by atoms with Gasteiger partial charge in [-0.3, -0.25) is 9.78 Å². The molecule has 5 heteroatoms. The fraction of sp³-hybridized carbons (Fsp3) is 0.474. The molecule has 126 valence electrons. The maximum absolute atomic E-state index is 13.2. The molecule has 4 rings (SSSR count). The molecule has 2 fully saturated rings. The number of hydrogen-bond donors (Lipinski definition) is 0. The van der Waals surface area contributed by atoms with E-state index in [1.54, 1.807) is 6.20 Å². The largest absolute Gasteiger partial charge is 0.381 e. The van der Waals surface area contributed by atoms with Crippen LogP contribution in [0, 0.1) is 6.92 Å². The van der Waals surface area contributed by atoms with Crippen molar-refractivity contribution in [2.75, 3.05) is 32.9 Å². The van der Waals surface area contributed by atoms with E-state index < -0.39 is 0 Å². The minimum absolute atomic E-state index is 0.0490. The molecule has 1 aromatic heterocycles. The van der Waals surface area contributed by atoms with Crippen LogP contribution < -0.4 is 0 Å². The van der Waals surface area contributed by atoms with Gasteiger partial charge in [-0.1, -0.05) is 12.1 Å². The van der Waals surface area contributed by atoms with Gasteiger partial charge in [-0.2, -0.15) is 0 Å². The highest BCUT2D eigenvalue weighted by atomic mass is 16.5. The molecule has 2 aliphatic heterocycles. The first-order valence-corrected chi connectivity index (χ1v) is 8.54. The summed E-state index contributed by atoms with van der Waals surface area (Å²) in [5, 5.41) is 1.04. The Morgan fingerprint density at radius 3 is 2.88 bits per heavy atom. The molecule has 0 aliphatic carbocycles. The van der Waals surface area contributed by atoms with Gasteiger partial charge >= 0.3 is 0 Å². The lowest BCUT2D eigenvalue weighted by Crippen LogP contribution is -2.55. The van der Waals surface area contributed by atoms with E-state index in [9.17, 15) is 4.79 Å². The molecule has 0 atom stereocenters. The lowest BCUT2D eigenvalue weighted by molar-refractivity contribution is -0.146. The highest BCUT2D eigenvalue weighted by molar-refractivity contribution is 6.06. The molecule has 2 aliphatic rings. The SMILES string of the molecule is Cc1ccc(C(=O)N2CCOC3(CCOCC3)C2)c2ncccc12. The number of carbonyl (C=O) groups excluding carboxylic acids is 1. The Bertz CT molecular complexity index is 763. The predicted octanol–water partition coefficient (Wildman–Crippen LogP) is 2.56. The number of rotatable bonds is 1. The van der Waals surface area contributed by atoms with Crippen molar-refractivity contribution < 1.29 is 14.3 Å². The van der Waals surface area contributed by atoms with E-state index in [2.05, 4.69) is 4.98 Å². The van der Waals surface area contributed by atoms with Crippen molar-refractivity contribution in [2.24, 2.45) is 0 Å². The maximum atomic E-state index is 13.2. The van der Waals surface area contributed by atoms with E-state index in [-0.39, 0.29) is 11.5 Å². The Kier molecular flexibility index (Phi) is 3.98. The predicted molar refractivity (Wildman–Crippen MR) is 91.1 cm³/mol. The molecule has 2 saturated heterocycles. The zero-order valence-corrected chi connectivity index (χ0v) is 14.0. The van der Waals surface area contributed by atoms with Crippen LogP contribution in [0.15, 0.2) is 30.5 Å². The summed E-state index contributed by atoms with van der Waals surface area (Å²) >= 11 is 0. The third-order valence-electron chi connectivity index (χ3n) is 5.16. The van der Waals surface area contributed by atoms with Gasteiger partial charge in [-0.25, -0.2) is 0 Å². The van der Waals surface area contributed by atoms with Crippen molar-refractivity contribution in [3.05, 3.63) is 41.6 Å². The zero-order chi connectivity index (χ0) is 16.6. The summed E-state index contributed by atoms with van der Waals surface area (Å²) in [7, 11) is 0. The van der Waals surface area contributed by atoms with Crippen LogP contribution in [0.4, 0.5) is 0 Å². The van der Waals surface area contributed by atoms with Gasteiger partial charge in [-0.15, -0.1) is 0 Å². The Morgan fingerprint density at radius 1 is 1.21 bits per heavy atom. The van der Waals surface area contributed by atoms with Crippen LogP contribution in [0.2, 0.25) is 0 Å². The lowest BCUT2D eigenvalue weighted by Gasteiger charge is -2.44. The van der Waals surface area contributed by atoms with Crippen LogP contribution in [0.3, 0.4) is 0 Å². The van der Waals surface area contributed by atoms with Crippen molar-refractivity contribution in [3.8, 4) is 0 Å². The first-order valence-electron chi connectivity index (χ1n) is 8.54. The Labute approximate surface area is 141 Å². The van der Waals surface area contributed by atoms with Crippen molar-refractivity contribution in [3.63, 3.8) is 0 Å². The third-order valence-corrected chi connectivity index (χ3v) is 5.16. The van der Waals surface area contributed by atoms with E-state index >= 15 is 0 Å². The summed E-state index contributed by atoms with van der Waals surface area (Å²) < 4.78 is 11.5. The second kappa shape index (κ2) is 6.15. The molecule has 0 radical (unpaired) electrons. The average molecular weight is 326 g/mol.